The Bertz CT molecular complexity index is 598. The van der Waals surface area contributed by atoms with Crippen molar-refractivity contribution in [2.45, 2.75) is 20.0 Å². The largest absolute Gasteiger partial charge is 0.459 e. The van der Waals surface area contributed by atoms with Crippen LogP contribution in [0.2, 0.25) is 0 Å². The predicted molar refractivity (Wildman–Crippen MR) is 98.7 cm³/mol. The Morgan fingerprint density at radius 1 is 1.27 bits per heavy atom. The first-order chi connectivity index (χ1) is 10.2. The van der Waals surface area contributed by atoms with Crippen LogP contribution in [0.25, 0.3) is 0 Å². The molecule has 0 aliphatic heterocycles. The van der Waals surface area contributed by atoms with Crippen LogP contribution in [-0.4, -0.2) is 36.4 Å². The molecule has 0 bridgehead atoms. The summed E-state index contributed by atoms with van der Waals surface area (Å²) >= 11 is 4.22. The highest BCUT2D eigenvalue weighted by atomic mass is 127. The molecule has 0 heterocycles. The van der Waals surface area contributed by atoms with E-state index in [-0.39, 0.29) is 18.8 Å². The quantitative estimate of drug-likeness (QED) is 0.348. The van der Waals surface area contributed by atoms with Crippen molar-refractivity contribution in [3.8, 4) is 0 Å². The number of hydrogen-bond acceptors (Lipinski definition) is 5. The van der Waals surface area contributed by atoms with Gasteiger partial charge in [-0.2, -0.15) is 0 Å². The minimum Gasteiger partial charge on any atom is -0.459 e. The summed E-state index contributed by atoms with van der Waals surface area (Å²) in [5.41, 5.74) is 1.65. The number of halogens is 2. The van der Waals surface area contributed by atoms with Gasteiger partial charge in [0.1, 0.15) is 19.3 Å². The van der Waals surface area contributed by atoms with E-state index in [1.807, 2.05) is 13.0 Å². The van der Waals surface area contributed by atoms with Crippen LogP contribution in [0.15, 0.2) is 24.3 Å². The summed E-state index contributed by atoms with van der Waals surface area (Å²) in [6.07, 6.45) is -1.08. The number of carbonyl (C=O) groups excluding carboxylic acids is 2. The Morgan fingerprint density at radius 2 is 1.86 bits per heavy atom. The maximum absolute atomic E-state index is 12.1. The van der Waals surface area contributed by atoms with Crippen LogP contribution in [-0.2, 0) is 14.3 Å². The van der Waals surface area contributed by atoms with Gasteiger partial charge >= 0.3 is 11.9 Å². The average molecular weight is 530 g/mol. The van der Waals surface area contributed by atoms with Crippen LogP contribution in [0.3, 0.4) is 0 Å². The molecule has 1 aromatic carbocycles. The molecule has 0 aliphatic rings. The van der Waals surface area contributed by atoms with Crippen LogP contribution in [0.4, 0.5) is 0 Å². The van der Waals surface area contributed by atoms with Gasteiger partial charge in [-0.3, -0.25) is 0 Å². The van der Waals surface area contributed by atoms with Gasteiger partial charge in [0.05, 0.1) is 5.56 Å². The van der Waals surface area contributed by atoms with Crippen molar-refractivity contribution in [2.24, 2.45) is 0 Å². The molecule has 0 aromatic heterocycles. The van der Waals surface area contributed by atoms with E-state index >= 15 is 0 Å². The van der Waals surface area contributed by atoms with Gasteiger partial charge in [-0.15, -0.1) is 0 Å². The van der Waals surface area contributed by atoms with Gasteiger partial charge in [0.25, 0.3) is 0 Å². The third kappa shape index (κ3) is 5.84. The van der Waals surface area contributed by atoms with E-state index in [0.29, 0.717) is 5.56 Å². The van der Waals surface area contributed by atoms with Crippen molar-refractivity contribution >= 4 is 57.1 Å². The minimum absolute atomic E-state index is 0.244. The molecule has 0 fully saturated rings. The Balaban J connectivity index is 2.56. The zero-order chi connectivity index (χ0) is 16.9. The summed E-state index contributed by atoms with van der Waals surface area (Å²) in [6, 6.07) is 3.70. The standard InChI is InChI=1S/C15H16I2O5/c1-8(2)14(19)21-6-10(18)7-22-15(20)11-4-9(3)5-12(16)13(11)17/h4-5,10,18H,1,6-7H2,2-3H3. The number of aryl methyl sites for hydroxylation is 1. The van der Waals surface area contributed by atoms with Crippen molar-refractivity contribution in [3.05, 3.63) is 42.6 Å². The van der Waals surface area contributed by atoms with Gasteiger partial charge in [-0.1, -0.05) is 6.58 Å². The molecule has 7 heteroatoms. The molecule has 1 atom stereocenters. The van der Waals surface area contributed by atoms with E-state index in [2.05, 4.69) is 51.8 Å². The lowest BCUT2D eigenvalue weighted by molar-refractivity contribution is -0.142. The second kappa shape index (κ2) is 8.82. The number of esters is 2. The highest BCUT2D eigenvalue weighted by Crippen LogP contribution is 2.22. The third-order valence-electron chi connectivity index (χ3n) is 2.55. The maximum Gasteiger partial charge on any atom is 0.339 e. The fourth-order valence-electron chi connectivity index (χ4n) is 1.47. The Hall–Kier alpha value is -0.680. The number of benzene rings is 1. The van der Waals surface area contributed by atoms with Crippen molar-refractivity contribution in [1.29, 1.82) is 0 Å². The van der Waals surface area contributed by atoms with Crippen LogP contribution in [0, 0.1) is 14.1 Å². The third-order valence-corrected chi connectivity index (χ3v) is 5.60. The smallest absolute Gasteiger partial charge is 0.339 e. The zero-order valence-corrected chi connectivity index (χ0v) is 16.5. The summed E-state index contributed by atoms with van der Waals surface area (Å²) in [5.74, 6) is -1.11. The summed E-state index contributed by atoms with van der Waals surface area (Å²) < 4.78 is 11.6. The van der Waals surface area contributed by atoms with Crippen LogP contribution in [0.5, 0.6) is 0 Å². The zero-order valence-electron chi connectivity index (χ0n) is 12.2. The van der Waals surface area contributed by atoms with E-state index in [1.54, 1.807) is 6.07 Å². The van der Waals surface area contributed by atoms with Gasteiger partial charge < -0.3 is 14.6 Å². The Morgan fingerprint density at radius 3 is 2.45 bits per heavy atom. The molecular formula is C15H16I2O5. The summed E-state index contributed by atoms with van der Waals surface area (Å²) in [4.78, 5) is 23.2. The molecular weight excluding hydrogens is 514 g/mol. The summed E-state index contributed by atoms with van der Waals surface area (Å²) in [5, 5.41) is 9.67. The number of rotatable bonds is 6. The summed E-state index contributed by atoms with van der Waals surface area (Å²) in [7, 11) is 0. The molecule has 1 N–H and O–H groups in total. The topological polar surface area (TPSA) is 72.8 Å². The molecule has 0 aliphatic carbocycles. The number of ether oxygens (including phenoxy) is 2. The van der Waals surface area contributed by atoms with Crippen LogP contribution < -0.4 is 0 Å². The normalized spacial score (nSPS) is 11.7. The SMILES string of the molecule is C=C(C)C(=O)OCC(O)COC(=O)c1cc(C)cc(I)c1I. The lowest BCUT2D eigenvalue weighted by Crippen LogP contribution is -2.25. The van der Waals surface area contributed by atoms with Crippen LogP contribution >= 0.6 is 45.2 Å². The van der Waals surface area contributed by atoms with Crippen molar-refractivity contribution in [2.75, 3.05) is 13.2 Å². The minimum atomic E-state index is -1.08. The highest BCUT2D eigenvalue weighted by molar-refractivity contribution is 14.1. The maximum atomic E-state index is 12.1. The first-order valence-electron chi connectivity index (χ1n) is 6.35. The predicted octanol–water partition coefficient (Wildman–Crippen LogP) is 2.84. The molecule has 120 valence electrons. The van der Waals surface area contributed by atoms with E-state index in [0.717, 1.165) is 12.7 Å². The van der Waals surface area contributed by atoms with Gasteiger partial charge in [0.15, 0.2) is 0 Å². The summed E-state index contributed by atoms with van der Waals surface area (Å²) in [6.45, 7) is 6.33. The monoisotopic (exact) mass is 530 g/mol. The van der Waals surface area contributed by atoms with Gasteiger partial charge in [-0.05, 0) is 76.7 Å². The fraction of sp³-hybridized carbons (Fsp3) is 0.333. The van der Waals surface area contributed by atoms with E-state index < -0.39 is 18.0 Å². The highest BCUT2D eigenvalue weighted by Gasteiger charge is 2.17. The van der Waals surface area contributed by atoms with Crippen molar-refractivity contribution in [3.63, 3.8) is 0 Å². The second-order valence-electron chi connectivity index (χ2n) is 4.74. The molecule has 0 spiro atoms. The number of aliphatic hydroxyl groups excluding tert-OH is 1. The molecule has 1 rings (SSSR count). The fourth-order valence-corrected chi connectivity index (χ4v) is 2.78. The van der Waals surface area contributed by atoms with Gasteiger partial charge in [0, 0.05) is 12.7 Å². The molecule has 0 radical (unpaired) electrons. The molecule has 0 amide bonds. The molecule has 22 heavy (non-hydrogen) atoms. The van der Waals surface area contributed by atoms with Gasteiger partial charge in [0.2, 0.25) is 0 Å². The molecule has 0 saturated carbocycles. The lowest BCUT2D eigenvalue weighted by Gasteiger charge is -2.13. The second-order valence-corrected chi connectivity index (χ2v) is 6.98. The lowest BCUT2D eigenvalue weighted by atomic mass is 10.1. The van der Waals surface area contributed by atoms with Crippen molar-refractivity contribution < 1.29 is 24.2 Å². The number of hydrogen-bond donors (Lipinski definition) is 1. The molecule has 5 nitrogen and oxygen atoms in total. The van der Waals surface area contributed by atoms with Crippen LogP contribution in [0.1, 0.15) is 22.8 Å². The molecule has 1 aromatic rings. The van der Waals surface area contributed by atoms with Gasteiger partial charge in [-0.25, -0.2) is 9.59 Å². The Kier molecular flexibility index (Phi) is 7.77. The Labute approximate surface area is 156 Å². The average Bonchev–Trinajstić information content (AvgIpc) is 2.45. The number of carbonyl (C=O) groups is 2. The molecule has 0 saturated heterocycles. The first kappa shape index (κ1) is 19.4. The van der Waals surface area contributed by atoms with E-state index in [4.69, 9.17) is 9.47 Å². The molecule has 1 unspecified atom stereocenters. The van der Waals surface area contributed by atoms with E-state index in [1.165, 1.54) is 6.92 Å². The first-order valence-corrected chi connectivity index (χ1v) is 8.51. The van der Waals surface area contributed by atoms with E-state index in [9.17, 15) is 14.7 Å². The van der Waals surface area contributed by atoms with Crippen molar-refractivity contribution in [1.82, 2.24) is 0 Å². The number of aliphatic hydroxyl groups is 1.